The van der Waals surface area contributed by atoms with Crippen LogP contribution >= 0.6 is 0 Å². The monoisotopic (exact) mass is 333 g/mol. The second kappa shape index (κ2) is 6.98. The van der Waals surface area contributed by atoms with Crippen molar-refractivity contribution in [3.63, 3.8) is 0 Å². The number of ether oxygens (including phenoxy) is 1. The minimum Gasteiger partial charge on any atom is -0.481 e. The van der Waals surface area contributed by atoms with Crippen LogP contribution in [0, 0.1) is 20.8 Å². The Morgan fingerprint density at radius 3 is 2.24 bits per heavy atom. The minimum absolute atomic E-state index is 0.150. The van der Waals surface area contributed by atoms with Crippen LogP contribution in [0.1, 0.15) is 23.6 Å². The summed E-state index contributed by atoms with van der Waals surface area (Å²) in [6.45, 7) is 7.83. The molecule has 3 aromatic carbocycles. The summed E-state index contributed by atoms with van der Waals surface area (Å²) in [6, 6.07) is 18.1. The van der Waals surface area contributed by atoms with Crippen molar-refractivity contribution >= 4 is 22.4 Å². The molecule has 128 valence electrons. The van der Waals surface area contributed by atoms with E-state index in [1.165, 1.54) is 5.56 Å². The van der Waals surface area contributed by atoms with Crippen LogP contribution < -0.4 is 10.1 Å². The molecule has 0 aliphatic heterocycles. The molecule has 0 radical (unpaired) electrons. The molecule has 0 saturated carbocycles. The number of aryl methyl sites for hydroxylation is 3. The highest BCUT2D eigenvalue weighted by Crippen LogP contribution is 2.24. The lowest BCUT2D eigenvalue weighted by Gasteiger charge is -2.18. The van der Waals surface area contributed by atoms with E-state index in [4.69, 9.17) is 4.74 Å². The first kappa shape index (κ1) is 17.0. The van der Waals surface area contributed by atoms with Gasteiger partial charge in [0.25, 0.3) is 5.91 Å². The molecule has 3 rings (SSSR count). The Morgan fingerprint density at radius 1 is 0.920 bits per heavy atom. The van der Waals surface area contributed by atoms with Crippen molar-refractivity contribution in [1.29, 1.82) is 0 Å². The minimum atomic E-state index is -0.582. The molecule has 0 unspecified atom stereocenters. The number of benzene rings is 3. The van der Waals surface area contributed by atoms with Gasteiger partial charge in [0.05, 0.1) is 0 Å². The van der Waals surface area contributed by atoms with Gasteiger partial charge in [0.2, 0.25) is 0 Å². The van der Waals surface area contributed by atoms with E-state index in [1.54, 1.807) is 6.92 Å². The lowest BCUT2D eigenvalue weighted by molar-refractivity contribution is -0.122. The van der Waals surface area contributed by atoms with E-state index >= 15 is 0 Å². The average molecular weight is 333 g/mol. The number of anilines is 1. The van der Waals surface area contributed by atoms with Crippen molar-refractivity contribution in [2.45, 2.75) is 33.8 Å². The maximum absolute atomic E-state index is 12.5. The summed E-state index contributed by atoms with van der Waals surface area (Å²) in [5, 5.41) is 5.24. The molecule has 3 heteroatoms. The number of fused-ring (bicyclic) bond motifs is 1. The van der Waals surface area contributed by atoms with Crippen molar-refractivity contribution in [3.05, 3.63) is 71.3 Å². The molecular weight excluding hydrogens is 310 g/mol. The molecular formula is C22H23NO2. The first-order chi connectivity index (χ1) is 11.9. The van der Waals surface area contributed by atoms with Crippen LogP contribution in [-0.2, 0) is 4.79 Å². The Balaban J connectivity index is 1.74. The SMILES string of the molecule is Cc1cc(C)c(NC(=O)[C@@H](C)Oc2ccc3ccccc3c2)c(C)c1. The molecule has 0 bridgehead atoms. The van der Waals surface area contributed by atoms with Crippen molar-refractivity contribution in [1.82, 2.24) is 0 Å². The molecule has 3 nitrogen and oxygen atoms in total. The third kappa shape index (κ3) is 3.82. The predicted molar refractivity (Wildman–Crippen MR) is 103 cm³/mol. The van der Waals surface area contributed by atoms with Gasteiger partial charge in [0.15, 0.2) is 6.10 Å². The Hall–Kier alpha value is -2.81. The number of rotatable bonds is 4. The Morgan fingerprint density at radius 2 is 1.56 bits per heavy atom. The number of carbonyl (C=O) groups is 1. The van der Waals surface area contributed by atoms with Gasteiger partial charge in [-0.15, -0.1) is 0 Å². The molecule has 25 heavy (non-hydrogen) atoms. The molecule has 0 spiro atoms. The topological polar surface area (TPSA) is 38.3 Å². The summed E-state index contributed by atoms with van der Waals surface area (Å²) in [7, 11) is 0. The quantitative estimate of drug-likeness (QED) is 0.715. The molecule has 3 aromatic rings. The van der Waals surface area contributed by atoms with Crippen LogP contribution in [0.4, 0.5) is 5.69 Å². The average Bonchev–Trinajstić information content (AvgIpc) is 2.57. The summed E-state index contributed by atoms with van der Waals surface area (Å²) in [5.74, 6) is 0.543. The van der Waals surface area contributed by atoms with E-state index < -0.39 is 6.10 Å². The zero-order valence-electron chi connectivity index (χ0n) is 15.1. The largest absolute Gasteiger partial charge is 0.481 e. The lowest BCUT2D eigenvalue weighted by Crippen LogP contribution is -2.30. The third-order valence-electron chi connectivity index (χ3n) is 4.33. The van der Waals surface area contributed by atoms with Gasteiger partial charge < -0.3 is 10.1 Å². The zero-order chi connectivity index (χ0) is 18.0. The Kier molecular flexibility index (Phi) is 4.75. The van der Waals surface area contributed by atoms with Crippen LogP contribution in [0.5, 0.6) is 5.75 Å². The van der Waals surface area contributed by atoms with Crippen LogP contribution in [0.15, 0.2) is 54.6 Å². The van der Waals surface area contributed by atoms with E-state index in [9.17, 15) is 4.79 Å². The summed E-state index contributed by atoms with van der Waals surface area (Å²) in [5.41, 5.74) is 4.17. The number of hydrogen-bond acceptors (Lipinski definition) is 2. The fraction of sp³-hybridized carbons (Fsp3) is 0.227. The summed E-state index contributed by atoms with van der Waals surface area (Å²) >= 11 is 0. The van der Waals surface area contributed by atoms with Crippen molar-refractivity contribution in [3.8, 4) is 5.75 Å². The Labute approximate surface area is 148 Å². The normalized spacial score (nSPS) is 12.0. The standard InChI is InChI=1S/C22H23NO2/c1-14-11-15(2)21(16(3)12-14)23-22(24)17(4)25-20-10-9-18-7-5-6-8-19(18)13-20/h5-13,17H,1-4H3,(H,23,24)/t17-/m1/s1. The number of carbonyl (C=O) groups excluding carboxylic acids is 1. The second-order valence-corrected chi connectivity index (χ2v) is 6.53. The summed E-state index contributed by atoms with van der Waals surface area (Å²) < 4.78 is 5.85. The van der Waals surface area contributed by atoms with E-state index in [2.05, 4.69) is 30.4 Å². The van der Waals surface area contributed by atoms with Crippen LogP contribution in [0.25, 0.3) is 10.8 Å². The van der Waals surface area contributed by atoms with Crippen molar-refractivity contribution in [2.75, 3.05) is 5.32 Å². The van der Waals surface area contributed by atoms with Crippen molar-refractivity contribution < 1.29 is 9.53 Å². The summed E-state index contributed by atoms with van der Waals surface area (Å²) in [6.07, 6.45) is -0.582. The maximum Gasteiger partial charge on any atom is 0.265 e. The van der Waals surface area contributed by atoms with Gasteiger partial charge in [0, 0.05) is 5.69 Å². The lowest BCUT2D eigenvalue weighted by atomic mass is 10.0. The van der Waals surface area contributed by atoms with Gasteiger partial charge in [-0.2, -0.15) is 0 Å². The van der Waals surface area contributed by atoms with Crippen LogP contribution in [0.3, 0.4) is 0 Å². The van der Waals surface area contributed by atoms with Gasteiger partial charge in [0.1, 0.15) is 5.75 Å². The highest BCUT2D eigenvalue weighted by molar-refractivity contribution is 5.95. The van der Waals surface area contributed by atoms with Gasteiger partial charge in [-0.25, -0.2) is 0 Å². The predicted octanol–water partition coefficient (Wildman–Crippen LogP) is 5.17. The fourth-order valence-corrected chi connectivity index (χ4v) is 3.10. The Bertz CT molecular complexity index is 907. The van der Waals surface area contributed by atoms with Gasteiger partial charge in [-0.05, 0) is 61.7 Å². The highest BCUT2D eigenvalue weighted by Gasteiger charge is 2.17. The van der Waals surface area contributed by atoms with Crippen LogP contribution in [0.2, 0.25) is 0 Å². The van der Waals surface area contributed by atoms with Crippen LogP contribution in [-0.4, -0.2) is 12.0 Å². The molecule has 1 N–H and O–H groups in total. The fourth-order valence-electron chi connectivity index (χ4n) is 3.10. The zero-order valence-corrected chi connectivity index (χ0v) is 15.1. The van der Waals surface area contributed by atoms with E-state index in [-0.39, 0.29) is 5.91 Å². The van der Waals surface area contributed by atoms with E-state index in [0.29, 0.717) is 5.75 Å². The number of amides is 1. The maximum atomic E-state index is 12.5. The number of hydrogen-bond donors (Lipinski definition) is 1. The smallest absolute Gasteiger partial charge is 0.265 e. The van der Waals surface area contributed by atoms with E-state index in [1.807, 2.05) is 50.2 Å². The molecule has 0 aromatic heterocycles. The van der Waals surface area contributed by atoms with Gasteiger partial charge >= 0.3 is 0 Å². The summed E-state index contributed by atoms with van der Waals surface area (Å²) in [4.78, 5) is 12.5. The first-order valence-corrected chi connectivity index (χ1v) is 8.48. The molecule has 0 saturated heterocycles. The number of nitrogens with one attached hydrogen (secondary N) is 1. The van der Waals surface area contributed by atoms with Crippen molar-refractivity contribution in [2.24, 2.45) is 0 Å². The molecule has 1 amide bonds. The highest BCUT2D eigenvalue weighted by atomic mass is 16.5. The molecule has 0 aliphatic rings. The van der Waals surface area contributed by atoms with Gasteiger partial charge in [-0.3, -0.25) is 4.79 Å². The first-order valence-electron chi connectivity index (χ1n) is 8.48. The molecule has 0 heterocycles. The molecule has 0 fully saturated rings. The second-order valence-electron chi connectivity index (χ2n) is 6.53. The molecule has 1 atom stereocenters. The third-order valence-corrected chi connectivity index (χ3v) is 4.33. The van der Waals surface area contributed by atoms with E-state index in [0.717, 1.165) is 27.6 Å². The van der Waals surface area contributed by atoms with Gasteiger partial charge in [-0.1, -0.05) is 48.0 Å². The molecule has 0 aliphatic carbocycles.